The van der Waals surface area contributed by atoms with Crippen molar-refractivity contribution >= 4 is 0 Å². The molecule has 3 nitrogen and oxygen atoms in total. The normalized spacial score (nSPS) is 13.0. The highest BCUT2D eigenvalue weighted by atomic mass is 15.3. The summed E-state index contributed by atoms with van der Waals surface area (Å²) in [7, 11) is 0. The minimum atomic E-state index is 0.606. The van der Waals surface area contributed by atoms with Crippen LogP contribution in [0.1, 0.15) is 39.2 Å². The minimum absolute atomic E-state index is 0.606. The van der Waals surface area contributed by atoms with E-state index in [4.69, 9.17) is 0 Å². The van der Waals surface area contributed by atoms with Crippen LogP contribution in [-0.2, 0) is 13.0 Å². The number of rotatable bonds is 7. The molecule has 1 heterocycles. The maximum Gasteiger partial charge on any atom is 0.0521 e. The molecule has 1 rings (SSSR count). The zero-order valence-corrected chi connectivity index (χ0v) is 10.2. The second-order valence-corrected chi connectivity index (χ2v) is 4.10. The summed E-state index contributed by atoms with van der Waals surface area (Å²) < 4.78 is 1.99. The van der Waals surface area contributed by atoms with E-state index in [9.17, 15) is 0 Å². The first-order chi connectivity index (χ1) is 7.26. The second-order valence-electron chi connectivity index (χ2n) is 4.10. The molecule has 0 aliphatic carbocycles. The summed E-state index contributed by atoms with van der Waals surface area (Å²) in [6, 6.07) is 0.606. The molecule has 1 atom stereocenters. The molecule has 3 heteroatoms. The van der Waals surface area contributed by atoms with Crippen molar-refractivity contribution in [2.75, 3.05) is 6.54 Å². The van der Waals surface area contributed by atoms with Crippen LogP contribution in [0, 0.1) is 0 Å². The van der Waals surface area contributed by atoms with Gasteiger partial charge in [0.2, 0.25) is 0 Å². The van der Waals surface area contributed by atoms with Gasteiger partial charge in [-0.05, 0) is 45.2 Å². The largest absolute Gasteiger partial charge is 0.314 e. The molecule has 1 aromatic rings. The number of aryl methyl sites for hydroxylation is 2. The lowest BCUT2D eigenvalue weighted by Gasteiger charge is -2.11. The van der Waals surface area contributed by atoms with Gasteiger partial charge in [-0.15, -0.1) is 0 Å². The first kappa shape index (κ1) is 12.2. The Kier molecular flexibility index (Phi) is 5.40. The van der Waals surface area contributed by atoms with Crippen LogP contribution in [0.3, 0.4) is 0 Å². The highest BCUT2D eigenvalue weighted by Crippen LogP contribution is 2.04. The fourth-order valence-corrected chi connectivity index (χ4v) is 1.58. The highest BCUT2D eigenvalue weighted by Gasteiger charge is 2.02. The Morgan fingerprint density at radius 1 is 1.47 bits per heavy atom. The molecule has 0 aliphatic rings. The molecule has 0 bridgehead atoms. The smallest absolute Gasteiger partial charge is 0.0521 e. The molecule has 0 radical (unpaired) electrons. The molecule has 0 spiro atoms. The van der Waals surface area contributed by atoms with Crippen LogP contribution >= 0.6 is 0 Å². The molecule has 0 aromatic carbocycles. The van der Waals surface area contributed by atoms with Crippen molar-refractivity contribution in [3.63, 3.8) is 0 Å². The first-order valence-electron chi connectivity index (χ1n) is 6.01. The molecular weight excluding hydrogens is 186 g/mol. The van der Waals surface area contributed by atoms with Gasteiger partial charge in [-0.1, -0.05) is 6.92 Å². The van der Waals surface area contributed by atoms with Crippen LogP contribution in [0.2, 0.25) is 0 Å². The minimum Gasteiger partial charge on any atom is -0.314 e. The standard InChI is InChI=1S/C12H23N3/c1-4-8-13-11(3)6-7-12-9-14-15(5-2)10-12/h9-11,13H,4-8H2,1-3H3. The van der Waals surface area contributed by atoms with Gasteiger partial charge in [-0.2, -0.15) is 5.10 Å². The molecule has 15 heavy (non-hydrogen) atoms. The SMILES string of the molecule is CCCNC(C)CCc1cnn(CC)c1. The molecule has 0 saturated carbocycles. The average Bonchev–Trinajstić information content (AvgIpc) is 2.71. The van der Waals surface area contributed by atoms with Gasteiger partial charge in [0.1, 0.15) is 0 Å². The number of hydrogen-bond acceptors (Lipinski definition) is 2. The molecule has 0 amide bonds. The Bertz CT molecular complexity index is 268. The Balaban J connectivity index is 2.24. The Labute approximate surface area is 92.9 Å². The third-order valence-electron chi connectivity index (χ3n) is 2.62. The van der Waals surface area contributed by atoms with E-state index in [1.807, 2.05) is 10.9 Å². The number of nitrogens with zero attached hydrogens (tertiary/aromatic N) is 2. The lowest BCUT2D eigenvalue weighted by molar-refractivity contribution is 0.513. The monoisotopic (exact) mass is 209 g/mol. The summed E-state index contributed by atoms with van der Waals surface area (Å²) in [4.78, 5) is 0. The van der Waals surface area contributed by atoms with Crippen molar-refractivity contribution in [3.8, 4) is 0 Å². The summed E-state index contributed by atoms with van der Waals surface area (Å²) in [5, 5.41) is 7.77. The zero-order valence-electron chi connectivity index (χ0n) is 10.2. The van der Waals surface area contributed by atoms with E-state index in [2.05, 4.69) is 37.4 Å². The van der Waals surface area contributed by atoms with Crippen molar-refractivity contribution in [2.45, 2.75) is 52.6 Å². The van der Waals surface area contributed by atoms with E-state index in [1.54, 1.807) is 0 Å². The van der Waals surface area contributed by atoms with E-state index in [0.29, 0.717) is 6.04 Å². The Morgan fingerprint density at radius 3 is 2.87 bits per heavy atom. The predicted octanol–water partition coefficient (Wildman–Crippen LogP) is 2.22. The van der Waals surface area contributed by atoms with Crippen LogP contribution in [0.25, 0.3) is 0 Å². The summed E-state index contributed by atoms with van der Waals surface area (Å²) in [5.74, 6) is 0. The van der Waals surface area contributed by atoms with Crippen LogP contribution in [0.15, 0.2) is 12.4 Å². The van der Waals surface area contributed by atoms with Crippen molar-refractivity contribution in [3.05, 3.63) is 18.0 Å². The zero-order chi connectivity index (χ0) is 11.1. The lowest BCUT2D eigenvalue weighted by atomic mass is 10.1. The maximum atomic E-state index is 4.27. The maximum absolute atomic E-state index is 4.27. The topological polar surface area (TPSA) is 29.9 Å². The van der Waals surface area contributed by atoms with Gasteiger partial charge in [0.25, 0.3) is 0 Å². The van der Waals surface area contributed by atoms with Gasteiger partial charge in [0, 0.05) is 18.8 Å². The molecule has 0 aliphatic heterocycles. The highest BCUT2D eigenvalue weighted by molar-refractivity contribution is 5.04. The van der Waals surface area contributed by atoms with Crippen molar-refractivity contribution in [1.29, 1.82) is 0 Å². The van der Waals surface area contributed by atoms with Crippen LogP contribution < -0.4 is 5.32 Å². The summed E-state index contributed by atoms with van der Waals surface area (Å²) in [5.41, 5.74) is 1.35. The van der Waals surface area contributed by atoms with Crippen molar-refractivity contribution in [2.24, 2.45) is 0 Å². The number of hydrogen-bond donors (Lipinski definition) is 1. The molecule has 1 unspecified atom stereocenters. The fourth-order valence-electron chi connectivity index (χ4n) is 1.58. The fraction of sp³-hybridized carbons (Fsp3) is 0.750. The predicted molar refractivity (Wildman–Crippen MR) is 64.0 cm³/mol. The van der Waals surface area contributed by atoms with E-state index in [0.717, 1.165) is 19.5 Å². The van der Waals surface area contributed by atoms with E-state index in [-0.39, 0.29) is 0 Å². The van der Waals surface area contributed by atoms with Gasteiger partial charge in [-0.25, -0.2) is 0 Å². The summed E-state index contributed by atoms with van der Waals surface area (Å²) in [6.45, 7) is 8.64. The quantitative estimate of drug-likeness (QED) is 0.746. The van der Waals surface area contributed by atoms with Crippen molar-refractivity contribution in [1.82, 2.24) is 15.1 Å². The van der Waals surface area contributed by atoms with Gasteiger partial charge in [0.15, 0.2) is 0 Å². The average molecular weight is 209 g/mol. The van der Waals surface area contributed by atoms with Crippen LogP contribution in [-0.4, -0.2) is 22.4 Å². The molecular formula is C12H23N3. The molecule has 0 fully saturated rings. The van der Waals surface area contributed by atoms with E-state index in [1.165, 1.54) is 18.4 Å². The third-order valence-corrected chi connectivity index (χ3v) is 2.62. The molecule has 1 N–H and O–H groups in total. The van der Waals surface area contributed by atoms with E-state index >= 15 is 0 Å². The van der Waals surface area contributed by atoms with Gasteiger partial charge >= 0.3 is 0 Å². The van der Waals surface area contributed by atoms with Crippen molar-refractivity contribution < 1.29 is 0 Å². The summed E-state index contributed by atoms with van der Waals surface area (Å²) >= 11 is 0. The van der Waals surface area contributed by atoms with Gasteiger partial charge in [-0.3, -0.25) is 4.68 Å². The Hall–Kier alpha value is -0.830. The van der Waals surface area contributed by atoms with Crippen LogP contribution in [0.4, 0.5) is 0 Å². The second kappa shape index (κ2) is 6.62. The van der Waals surface area contributed by atoms with Gasteiger partial charge < -0.3 is 5.32 Å². The number of nitrogens with one attached hydrogen (secondary N) is 1. The van der Waals surface area contributed by atoms with E-state index < -0.39 is 0 Å². The molecule has 0 saturated heterocycles. The summed E-state index contributed by atoms with van der Waals surface area (Å²) in [6.07, 6.45) is 7.65. The third kappa shape index (κ3) is 4.47. The Morgan fingerprint density at radius 2 is 2.27 bits per heavy atom. The van der Waals surface area contributed by atoms with Crippen LogP contribution in [0.5, 0.6) is 0 Å². The van der Waals surface area contributed by atoms with Gasteiger partial charge in [0.05, 0.1) is 6.20 Å². The lowest BCUT2D eigenvalue weighted by Crippen LogP contribution is -2.26. The molecule has 1 aromatic heterocycles. The molecule has 86 valence electrons. The number of aromatic nitrogens is 2. The first-order valence-corrected chi connectivity index (χ1v) is 6.01.